The molecule has 1 aromatic carbocycles. The molecule has 0 fully saturated rings. The first-order valence-electron chi connectivity index (χ1n) is 4.67. The molecule has 5 heteroatoms. The predicted molar refractivity (Wildman–Crippen MR) is 68.5 cm³/mol. The van der Waals surface area contributed by atoms with Crippen LogP contribution in [0.4, 0.5) is 0 Å². The summed E-state index contributed by atoms with van der Waals surface area (Å²) in [5.74, 6) is -0.141. The Hall–Kier alpha value is -0.140. The Morgan fingerprint density at radius 2 is 1.73 bits per heavy atom. The monoisotopic (exact) mass is 340 g/mol. The second-order valence-corrected chi connectivity index (χ2v) is 6.19. The molecule has 0 aliphatic carbocycles. The second-order valence-electron chi connectivity index (χ2n) is 3.37. The molecular formula is C10H13IO3S. The fourth-order valence-electron chi connectivity index (χ4n) is 1.26. The van der Waals surface area contributed by atoms with Crippen LogP contribution in [0, 0.1) is 3.57 Å². The molecule has 0 unspecified atom stereocenters. The zero-order chi connectivity index (χ0) is 11.3. The van der Waals surface area contributed by atoms with Crippen molar-refractivity contribution in [1.29, 1.82) is 0 Å². The van der Waals surface area contributed by atoms with E-state index in [4.69, 9.17) is 4.55 Å². The highest BCUT2D eigenvalue weighted by Crippen LogP contribution is 2.09. The maximum atomic E-state index is 10.4. The average Bonchev–Trinajstić information content (AvgIpc) is 2.14. The van der Waals surface area contributed by atoms with Crippen molar-refractivity contribution >= 4 is 32.7 Å². The minimum Gasteiger partial charge on any atom is -0.286 e. The van der Waals surface area contributed by atoms with E-state index >= 15 is 0 Å². The van der Waals surface area contributed by atoms with Gasteiger partial charge in [-0.05, 0) is 59.5 Å². The zero-order valence-electron chi connectivity index (χ0n) is 8.19. The predicted octanol–water partition coefficient (Wildman–Crippen LogP) is 2.50. The first-order valence-corrected chi connectivity index (χ1v) is 7.36. The molecule has 0 spiro atoms. The van der Waals surface area contributed by atoms with Crippen molar-refractivity contribution in [1.82, 2.24) is 0 Å². The highest BCUT2D eigenvalue weighted by Gasteiger charge is 2.03. The van der Waals surface area contributed by atoms with Gasteiger partial charge in [-0.25, -0.2) is 0 Å². The van der Waals surface area contributed by atoms with Crippen molar-refractivity contribution in [2.45, 2.75) is 19.3 Å². The van der Waals surface area contributed by atoms with E-state index in [2.05, 4.69) is 22.6 Å². The van der Waals surface area contributed by atoms with Gasteiger partial charge in [-0.15, -0.1) is 0 Å². The zero-order valence-corrected chi connectivity index (χ0v) is 11.2. The van der Waals surface area contributed by atoms with E-state index in [9.17, 15) is 8.42 Å². The largest absolute Gasteiger partial charge is 0.286 e. The maximum absolute atomic E-state index is 10.4. The molecule has 0 saturated carbocycles. The summed E-state index contributed by atoms with van der Waals surface area (Å²) in [6.07, 6.45) is 2.14. The Kier molecular flexibility index (Phi) is 5.01. The van der Waals surface area contributed by atoms with Crippen molar-refractivity contribution in [2.24, 2.45) is 0 Å². The lowest BCUT2D eigenvalue weighted by Crippen LogP contribution is -2.03. The normalized spacial score (nSPS) is 11.6. The highest BCUT2D eigenvalue weighted by molar-refractivity contribution is 14.1. The topological polar surface area (TPSA) is 54.4 Å². The van der Waals surface area contributed by atoms with E-state index in [0.717, 1.165) is 12.8 Å². The molecular weight excluding hydrogens is 327 g/mol. The average molecular weight is 340 g/mol. The van der Waals surface area contributed by atoms with Crippen LogP contribution < -0.4 is 0 Å². The second kappa shape index (κ2) is 5.81. The van der Waals surface area contributed by atoms with Gasteiger partial charge in [0.1, 0.15) is 0 Å². The smallest absolute Gasteiger partial charge is 0.264 e. The Bertz CT molecular complexity index is 397. The molecule has 0 atom stereocenters. The number of aryl methyl sites for hydroxylation is 1. The third-order valence-corrected chi connectivity index (χ3v) is 3.55. The van der Waals surface area contributed by atoms with E-state index in [-0.39, 0.29) is 5.75 Å². The molecule has 0 heterocycles. The molecule has 15 heavy (non-hydrogen) atoms. The van der Waals surface area contributed by atoms with Gasteiger partial charge in [0.15, 0.2) is 0 Å². The van der Waals surface area contributed by atoms with Gasteiger partial charge in [0, 0.05) is 3.57 Å². The molecule has 1 aromatic rings. The molecule has 0 aliphatic heterocycles. The van der Waals surface area contributed by atoms with E-state index in [1.54, 1.807) is 0 Å². The Morgan fingerprint density at radius 3 is 2.27 bits per heavy atom. The molecule has 0 aromatic heterocycles. The molecule has 1 rings (SSSR count). The van der Waals surface area contributed by atoms with Crippen LogP contribution in [0.25, 0.3) is 0 Å². The molecule has 0 aliphatic rings. The van der Waals surface area contributed by atoms with Gasteiger partial charge in [0.2, 0.25) is 0 Å². The molecule has 0 bridgehead atoms. The van der Waals surface area contributed by atoms with E-state index in [0.29, 0.717) is 6.42 Å². The molecule has 0 amide bonds. The van der Waals surface area contributed by atoms with Crippen LogP contribution in [0.3, 0.4) is 0 Å². The van der Waals surface area contributed by atoms with Crippen LogP contribution in [0.2, 0.25) is 0 Å². The molecule has 0 saturated heterocycles. The third-order valence-electron chi connectivity index (χ3n) is 2.03. The van der Waals surface area contributed by atoms with Crippen LogP contribution in [0.5, 0.6) is 0 Å². The fourth-order valence-corrected chi connectivity index (χ4v) is 2.19. The van der Waals surface area contributed by atoms with Crippen LogP contribution in [-0.2, 0) is 16.5 Å². The number of rotatable bonds is 5. The van der Waals surface area contributed by atoms with E-state index in [1.807, 2.05) is 24.3 Å². The fraction of sp³-hybridized carbons (Fsp3) is 0.400. The van der Waals surface area contributed by atoms with Gasteiger partial charge in [0.05, 0.1) is 5.75 Å². The SMILES string of the molecule is O=S(=O)(O)CCCCc1ccc(I)cc1. The number of halogens is 1. The summed E-state index contributed by atoms with van der Waals surface area (Å²) < 4.78 is 30.6. The summed E-state index contributed by atoms with van der Waals surface area (Å²) in [5, 5.41) is 0. The Balaban J connectivity index is 2.29. The first-order chi connectivity index (χ1) is 6.97. The first kappa shape index (κ1) is 12.9. The van der Waals surface area contributed by atoms with Gasteiger partial charge < -0.3 is 0 Å². The summed E-state index contributed by atoms with van der Waals surface area (Å²) in [6.45, 7) is 0. The van der Waals surface area contributed by atoms with E-state index in [1.165, 1.54) is 9.13 Å². The van der Waals surface area contributed by atoms with Crippen molar-refractivity contribution < 1.29 is 13.0 Å². The Labute approximate surface area is 104 Å². The van der Waals surface area contributed by atoms with Crippen LogP contribution in [-0.4, -0.2) is 18.7 Å². The number of hydrogen-bond acceptors (Lipinski definition) is 2. The van der Waals surface area contributed by atoms with Crippen molar-refractivity contribution in [3.63, 3.8) is 0 Å². The lowest BCUT2D eigenvalue weighted by molar-refractivity contribution is 0.480. The van der Waals surface area contributed by atoms with Crippen LogP contribution in [0.1, 0.15) is 18.4 Å². The maximum Gasteiger partial charge on any atom is 0.264 e. The molecule has 1 N–H and O–H groups in total. The minimum atomic E-state index is -3.79. The van der Waals surface area contributed by atoms with Gasteiger partial charge in [0.25, 0.3) is 10.1 Å². The summed E-state index contributed by atoms with van der Waals surface area (Å²) in [7, 11) is -3.79. The number of benzene rings is 1. The Morgan fingerprint density at radius 1 is 1.13 bits per heavy atom. The van der Waals surface area contributed by atoms with Crippen LogP contribution >= 0.6 is 22.6 Å². The van der Waals surface area contributed by atoms with Gasteiger partial charge >= 0.3 is 0 Å². The highest BCUT2D eigenvalue weighted by atomic mass is 127. The quantitative estimate of drug-likeness (QED) is 0.509. The van der Waals surface area contributed by atoms with Crippen molar-refractivity contribution in [3.05, 3.63) is 33.4 Å². The lowest BCUT2D eigenvalue weighted by Gasteiger charge is -2.00. The summed E-state index contributed by atoms with van der Waals surface area (Å²) in [5.41, 5.74) is 1.20. The summed E-state index contributed by atoms with van der Waals surface area (Å²) in [4.78, 5) is 0. The summed E-state index contributed by atoms with van der Waals surface area (Å²) >= 11 is 2.24. The standard InChI is InChI=1S/C10H13IO3S/c11-10-6-4-9(5-7-10)3-1-2-8-15(12,13)14/h4-7H,1-3,8H2,(H,12,13,14). The van der Waals surface area contributed by atoms with E-state index < -0.39 is 10.1 Å². The van der Waals surface area contributed by atoms with Crippen LogP contribution in [0.15, 0.2) is 24.3 Å². The van der Waals surface area contributed by atoms with Crippen molar-refractivity contribution in [2.75, 3.05) is 5.75 Å². The minimum absolute atomic E-state index is 0.141. The lowest BCUT2D eigenvalue weighted by atomic mass is 10.1. The number of unbranched alkanes of at least 4 members (excludes halogenated alkanes) is 1. The summed E-state index contributed by atoms with van der Waals surface area (Å²) in [6, 6.07) is 8.13. The molecule has 3 nitrogen and oxygen atoms in total. The number of hydrogen-bond donors (Lipinski definition) is 1. The van der Waals surface area contributed by atoms with Gasteiger partial charge in [-0.2, -0.15) is 8.42 Å². The van der Waals surface area contributed by atoms with Gasteiger partial charge in [-0.3, -0.25) is 4.55 Å². The molecule has 0 radical (unpaired) electrons. The van der Waals surface area contributed by atoms with Gasteiger partial charge in [-0.1, -0.05) is 12.1 Å². The molecule has 84 valence electrons. The third kappa shape index (κ3) is 6.11. The van der Waals surface area contributed by atoms with Crippen molar-refractivity contribution in [3.8, 4) is 0 Å².